The van der Waals surface area contributed by atoms with Gasteiger partial charge >= 0.3 is 5.97 Å². The maximum atomic E-state index is 13.4. The van der Waals surface area contributed by atoms with Crippen molar-refractivity contribution in [3.05, 3.63) is 36.0 Å². The number of aromatic amines is 1. The molecule has 5 atom stereocenters. The summed E-state index contributed by atoms with van der Waals surface area (Å²) >= 11 is 0. The predicted octanol–water partition coefficient (Wildman–Crippen LogP) is -1.12. The Morgan fingerprint density at radius 2 is 1.58 bits per heavy atom. The van der Waals surface area contributed by atoms with Crippen LogP contribution in [-0.4, -0.2) is 75.1 Å². The number of fused-ring (bicyclic) bond motifs is 1. The van der Waals surface area contributed by atoms with Gasteiger partial charge in [0.1, 0.15) is 24.2 Å². The molecule has 0 aliphatic carbocycles. The third kappa shape index (κ3) is 8.28. The molecule has 0 saturated heterocycles. The molecule has 0 radical (unpaired) electrons. The fourth-order valence-electron chi connectivity index (χ4n) is 3.81. The molecule has 13 nitrogen and oxygen atoms in total. The number of aromatic nitrogens is 1. The van der Waals surface area contributed by atoms with Gasteiger partial charge in [-0.05, 0) is 30.9 Å². The Morgan fingerprint density at radius 1 is 0.947 bits per heavy atom. The lowest BCUT2D eigenvalue weighted by Gasteiger charge is -2.27. The predicted molar refractivity (Wildman–Crippen MR) is 138 cm³/mol. The molecule has 2 rings (SSSR count). The first-order chi connectivity index (χ1) is 17.8. The molecule has 0 fully saturated rings. The number of amides is 4. The fourth-order valence-corrected chi connectivity index (χ4v) is 3.81. The Morgan fingerprint density at radius 3 is 2.16 bits per heavy atom. The summed E-state index contributed by atoms with van der Waals surface area (Å²) in [4.78, 5) is 64.7. The Kier molecular flexibility index (Phi) is 10.8. The number of carbonyl (C=O) groups is 5. The molecule has 1 aromatic heterocycles. The summed E-state index contributed by atoms with van der Waals surface area (Å²) in [5.74, 6) is -4.78. The van der Waals surface area contributed by atoms with Gasteiger partial charge < -0.3 is 42.6 Å². The number of primary amides is 1. The van der Waals surface area contributed by atoms with Crippen LogP contribution < -0.4 is 27.4 Å². The molecule has 1 heterocycles. The summed E-state index contributed by atoms with van der Waals surface area (Å²) in [5, 5.41) is 27.4. The summed E-state index contributed by atoms with van der Waals surface area (Å²) in [6, 6.07) is 2.35. The molecule has 13 heteroatoms. The number of nitrogens with one attached hydrogen (secondary N) is 4. The van der Waals surface area contributed by atoms with Gasteiger partial charge in [0.25, 0.3) is 0 Å². The quantitative estimate of drug-likeness (QED) is 0.148. The van der Waals surface area contributed by atoms with E-state index in [0.29, 0.717) is 0 Å². The summed E-state index contributed by atoms with van der Waals surface area (Å²) in [7, 11) is 0. The maximum absolute atomic E-state index is 13.4. The Labute approximate surface area is 219 Å². The van der Waals surface area contributed by atoms with E-state index in [-0.39, 0.29) is 19.3 Å². The van der Waals surface area contributed by atoms with E-state index in [0.717, 1.165) is 16.5 Å². The molecular formula is C25H36N6O7. The highest BCUT2D eigenvalue weighted by Crippen LogP contribution is 2.19. The molecule has 10 N–H and O–H groups in total. The van der Waals surface area contributed by atoms with Crippen molar-refractivity contribution >= 4 is 40.5 Å². The van der Waals surface area contributed by atoms with Gasteiger partial charge in [-0.25, -0.2) is 4.79 Å². The van der Waals surface area contributed by atoms with Crippen molar-refractivity contribution in [2.75, 3.05) is 0 Å². The number of hydrogen-bond donors (Lipinski definition) is 8. The molecule has 5 unspecified atom stereocenters. The number of para-hydroxylation sites is 1. The highest BCUT2D eigenvalue weighted by atomic mass is 16.4. The van der Waals surface area contributed by atoms with Crippen LogP contribution in [-0.2, 0) is 30.4 Å². The molecule has 0 saturated carbocycles. The number of aliphatic hydroxyl groups is 1. The van der Waals surface area contributed by atoms with Crippen LogP contribution in [0.1, 0.15) is 39.2 Å². The second kappa shape index (κ2) is 13.5. The van der Waals surface area contributed by atoms with Crippen molar-refractivity contribution in [3.63, 3.8) is 0 Å². The Bertz CT molecular complexity index is 1160. The first kappa shape index (κ1) is 30.3. The number of aliphatic carboxylic acids is 1. The molecule has 1 aromatic carbocycles. The SMILES string of the molecule is CC(C)C(NC(=O)C(Cc1c[nH]c2ccccc12)NC(=O)C(N)C(C)O)C(=O)NC(CCC(N)=O)C(=O)O. The molecular weight excluding hydrogens is 496 g/mol. The van der Waals surface area contributed by atoms with Gasteiger partial charge in [0.2, 0.25) is 23.6 Å². The zero-order chi connectivity index (χ0) is 28.6. The third-order valence-corrected chi connectivity index (χ3v) is 6.10. The van der Waals surface area contributed by atoms with Crippen molar-refractivity contribution in [1.82, 2.24) is 20.9 Å². The van der Waals surface area contributed by atoms with E-state index in [1.807, 2.05) is 24.3 Å². The Balaban J connectivity index is 2.27. The summed E-state index contributed by atoms with van der Waals surface area (Å²) in [6.45, 7) is 4.65. The number of carboxylic acids is 1. The van der Waals surface area contributed by atoms with E-state index < -0.39 is 65.8 Å². The largest absolute Gasteiger partial charge is 0.480 e. The van der Waals surface area contributed by atoms with Gasteiger partial charge in [-0.2, -0.15) is 0 Å². The molecule has 208 valence electrons. The second-order valence-corrected chi connectivity index (χ2v) is 9.53. The van der Waals surface area contributed by atoms with Crippen molar-refractivity contribution in [1.29, 1.82) is 0 Å². The fraction of sp³-hybridized carbons (Fsp3) is 0.480. The van der Waals surface area contributed by atoms with Gasteiger partial charge in [-0.15, -0.1) is 0 Å². The van der Waals surface area contributed by atoms with Crippen LogP contribution in [0.15, 0.2) is 30.5 Å². The average molecular weight is 533 g/mol. The number of carbonyl (C=O) groups excluding carboxylic acids is 4. The number of nitrogens with two attached hydrogens (primary N) is 2. The van der Waals surface area contributed by atoms with E-state index in [4.69, 9.17) is 11.5 Å². The molecule has 4 amide bonds. The number of hydrogen-bond acceptors (Lipinski definition) is 7. The van der Waals surface area contributed by atoms with Crippen molar-refractivity contribution in [2.24, 2.45) is 17.4 Å². The van der Waals surface area contributed by atoms with E-state index in [1.165, 1.54) is 6.92 Å². The lowest BCUT2D eigenvalue weighted by Crippen LogP contribution is -2.59. The summed E-state index contributed by atoms with van der Waals surface area (Å²) < 4.78 is 0. The molecule has 0 aliphatic rings. The van der Waals surface area contributed by atoms with Gasteiger partial charge in [0.05, 0.1) is 6.10 Å². The molecule has 0 bridgehead atoms. The van der Waals surface area contributed by atoms with E-state index in [9.17, 15) is 34.2 Å². The Hall–Kier alpha value is -3.97. The van der Waals surface area contributed by atoms with Crippen LogP contribution in [0.25, 0.3) is 10.9 Å². The van der Waals surface area contributed by atoms with Crippen LogP contribution in [0.3, 0.4) is 0 Å². The molecule has 0 spiro atoms. The van der Waals surface area contributed by atoms with Crippen LogP contribution in [0, 0.1) is 5.92 Å². The zero-order valence-corrected chi connectivity index (χ0v) is 21.6. The van der Waals surface area contributed by atoms with E-state index in [2.05, 4.69) is 20.9 Å². The molecule has 0 aliphatic heterocycles. The third-order valence-electron chi connectivity index (χ3n) is 6.10. The monoisotopic (exact) mass is 532 g/mol. The minimum atomic E-state index is -1.39. The minimum Gasteiger partial charge on any atom is -0.480 e. The second-order valence-electron chi connectivity index (χ2n) is 9.53. The van der Waals surface area contributed by atoms with Crippen molar-refractivity contribution in [3.8, 4) is 0 Å². The number of benzene rings is 1. The van der Waals surface area contributed by atoms with Crippen molar-refractivity contribution < 1.29 is 34.2 Å². The zero-order valence-electron chi connectivity index (χ0n) is 21.6. The van der Waals surface area contributed by atoms with E-state index in [1.54, 1.807) is 20.0 Å². The molecule has 38 heavy (non-hydrogen) atoms. The van der Waals surface area contributed by atoms with Gasteiger partial charge in [0, 0.05) is 29.9 Å². The van der Waals surface area contributed by atoms with Crippen LogP contribution in [0.4, 0.5) is 0 Å². The summed E-state index contributed by atoms with van der Waals surface area (Å²) in [5.41, 5.74) is 12.4. The topological polar surface area (TPSA) is 230 Å². The molecule has 2 aromatic rings. The highest BCUT2D eigenvalue weighted by Gasteiger charge is 2.33. The minimum absolute atomic E-state index is 0.0386. The highest BCUT2D eigenvalue weighted by molar-refractivity contribution is 5.95. The first-order valence-corrected chi connectivity index (χ1v) is 12.2. The number of rotatable bonds is 14. The summed E-state index contributed by atoms with van der Waals surface area (Å²) in [6.07, 6.45) is 0.101. The number of aliphatic hydroxyl groups excluding tert-OH is 1. The van der Waals surface area contributed by atoms with Gasteiger partial charge in [0.15, 0.2) is 0 Å². The first-order valence-electron chi connectivity index (χ1n) is 12.2. The standard InChI is InChI=1S/C25H36N6O7/c1-12(2)21(24(36)29-17(25(37)38)8-9-19(26)33)31-22(34)18(30-23(35)20(27)13(3)32)10-14-11-28-16-7-5-4-6-15(14)16/h4-7,11-13,17-18,20-21,28,32H,8-10,27H2,1-3H3,(H2,26,33)(H,29,36)(H,30,35)(H,31,34)(H,37,38). The lowest BCUT2D eigenvalue weighted by atomic mass is 9.99. The average Bonchev–Trinajstić information content (AvgIpc) is 3.25. The van der Waals surface area contributed by atoms with Crippen LogP contribution in [0.2, 0.25) is 0 Å². The van der Waals surface area contributed by atoms with Crippen LogP contribution >= 0.6 is 0 Å². The van der Waals surface area contributed by atoms with Gasteiger partial charge in [-0.1, -0.05) is 32.0 Å². The van der Waals surface area contributed by atoms with E-state index >= 15 is 0 Å². The van der Waals surface area contributed by atoms with Crippen molar-refractivity contribution in [2.45, 2.75) is 70.3 Å². The van der Waals surface area contributed by atoms with Gasteiger partial charge in [-0.3, -0.25) is 19.2 Å². The number of H-pyrrole nitrogens is 1. The lowest BCUT2D eigenvalue weighted by molar-refractivity contribution is -0.143. The van der Waals surface area contributed by atoms with Crippen LogP contribution in [0.5, 0.6) is 0 Å². The number of carboxylic acid groups (broad SMARTS) is 1. The smallest absolute Gasteiger partial charge is 0.326 e. The maximum Gasteiger partial charge on any atom is 0.326 e. The normalized spacial score (nSPS) is 15.2.